The molecular weight excluding hydrogens is 244 g/mol. The summed E-state index contributed by atoms with van der Waals surface area (Å²) in [5.74, 6) is 0. The van der Waals surface area contributed by atoms with Crippen molar-refractivity contribution in [3.05, 3.63) is 84.4 Å². The first-order valence-electron chi connectivity index (χ1n) is 6.58. The van der Waals surface area contributed by atoms with Gasteiger partial charge in [-0.1, -0.05) is 67.2 Å². The number of aliphatic imine (C=N–C) groups is 2. The van der Waals surface area contributed by atoms with E-state index in [0.29, 0.717) is 6.54 Å². The number of rotatable bonds is 5. The molecule has 0 saturated carbocycles. The SMILES string of the molecule is C=C/C(CN=C(c1ccccc1)c1ccccc1)=N\C. The Kier molecular flexibility index (Phi) is 5.01. The highest BCUT2D eigenvalue weighted by Crippen LogP contribution is 2.11. The van der Waals surface area contributed by atoms with Gasteiger partial charge in [0.2, 0.25) is 0 Å². The molecular formula is C18H18N2. The van der Waals surface area contributed by atoms with Crippen LogP contribution >= 0.6 is 0 Å². The number of hydrogen-bond acceptors (Lipinski definition) is 2. The molecule has 0 heterocycles. The van der Waals surface area contributed by atoms with Gasteiger partial charge in [0.15, 0.2) is 0 Å². The second-order valence-electron chi connectivity index (χ2n) is 4.32. The van der Waals surface area contributed by atoms with E-state index in [1.165, 1.54) is 0 Å². The van der Waals surface area contributed by atoms with Crippen LogP contribution in [0.25, 0.3) is 0 Å². The van der Waals surface area contributed by atoms with E-state index in [1.54, 1.807) is 13.1 Å². The predicted octanol–water partition coefficient (Wildman–Crippen LogP) is 3.78. The topological polar surface area (TPSA) is 24.7 Å². The van der Waals surface area contributed by atoms with Crippen molar-refractivity contribution in [2.45, 2.75) is 0 Å². The molecule has 0 aliphatic carbocycles. The first-order valence-corrected chi connectivity index (χ1v) is 6.58. The molecule has 0 aromatic heterocycles. The van der Waals surface area contributed by atoms with Crippen molar-refractivity contribution in [1.29, 1.82) is 0 Å². The second-order valence-corrected chi connectivity index (χ2v) is 4.32. The molecule has 0 aliphatic heterocycles. The fraction of sp³-hybridized carbons (Fsp3) is 0.111. The molecule has 0 atom stereocenters. The standard InChI is InChI=1S/C18H18N2/c1-3-17(19-2)14-20-18(15-10-6-4-7-11-15)16-12-8-5-9-13-16/h3-13H,1,14H2,2H3/b19-17+. The van der Waals surface area contributed by atoms with Gasteiger partial charge in [-0.3, -0.25) is 9.98 Å². The lowest BCUT2D eigenvalue weighted by Crippen LogP contribution is -2.07. The Morgan fingerprint density at radius 1 is 0.950 bits per heavy atom. The molecule has 0 N–H and O–H groups in total. The normalized spacial score (nSPS) is 10.9. The fourth-order valence-corrected chi connectivity index (χ4v) is 1.93. The van der Waals surface area contributed by atoms with Crippen molar-refractivity contribution in [1.82, 2.24) is 0 Å². The van der Waals surface area contributed by atoms with Gasteiger partial charge in [0.1, 0.15) is 0 Å². The Hall–Kier alpha value is -2.48. The Bertz CT molecular complexity index is 569. The van der Waals surface area contributed by atoms with Crippen LogP contribution in [0.1, 0.15) is 11.1 Å². The van der Waals surface area contributed by atoms with Gasteiger partial charge < -0.3 is 0 Å². The van der Waals surface area contributed by atoms with Crippen LogP contribution in [0.5, 0.6) is 0 Å². The molecule has 20 heavy (non-hydrogen) atoms. The molecule has 0 radical (unpaired) electrons. The number of benzene rings is 2. The van der Waals surface area contributed by atoms with Crippen molar-refractivity contribution < 1.29 is 0 Å². The molecule has 0 aliphatic rings. The molecule has 2 aromatic carbocycles. The molecule has 2 aromatic rings. The van der Waals surface area contributed by atoms with Gasteiger partial charge in [-0.15, -0.1) is 0 Å². The highest BCUT2D eigenvalue weighted by Gasteiger charge is 2.05. The average Bonchev–Trinajstić information content (AvgIpc) is 2.53. The maximum atomic E-state index is 4.72. The van der Waals surface area contributed by atoms with Crippen LogP contribution in [-0.2, 0) is 0 Å². The summed E-state index contributed by atoms with van der Waals surface area (Å²) in [7, 11) is 1.76. The molecule has 0 bridgehead atoms. The minimum atomic E-state index is 0.541. The molecule has 2 heteroatoms. The maximum Gasteiger partial charge on any atom is 0.0814 e. The lowest BCUT2D eigenvalue weighted by atomic mass is 10.0. The van der Waals surface area contributed by atoms with E-state index >= 15 is 0 Å². The minimum absolute atomic E-state index is 0.541. The Morgan fingerprint density at radius 3 is 1.85 bits per heavy atom. The zero-order valence-electron chi connectivity index (χ0n) is 11.7. The lowest BCUT2D eigenvalue weighted by molar-refractivity contribution is 1.26. The monoisotopic (exact) mass is 262 g/mol. The molecule has 0 unspecified atom stereocenters. The largest absolute Gasteiger partial charge is 0.291 e. The minimum Gasteiger partial charge on any atom is -0.291 e. The summed E-state index contributed by atoms with van der Waals surface area (Å²) >= 11 is 0. The van der Waals surface area contributed by atoms with Crippen molar-refractivity contribution in [2.24, 2.45) is 9.98 Å². The summed E-state index contributed by atoms with van der Waals surface area (Å²) in [4.78, 5) is 8.88. The molecule has 0 fully saturated rings. The van der Waals surface area contributed by atoms with Gasteiger partial charge in [0.25, 0.3) is 0 Å². The van der Waals surface area contributed by atoms with Crippen molar-refractivity contribution in [2.75, 3.05) is 13.6 Å². The zero-order chi connectivity index (χ0) is 14.2. The molecule has 0 saturated heterocycles. The Labute approximate surface area is 120 Å². The Balaban J connectivity index is 2.40. The van der Waals surface area contributed by atoms with E-state index in [1.807, 2.05) is 36.4 Å². The summed E-state index contributed by atoms with van der Waals surface area (Å²) in [5, 5.41) is 0. The predicted molar refractivity (Wildman–Crippen MR) is 86.9 cm³/mol. The van der Waals surface area contributed by atoms with Crippen molar-refractivity contribution in [3.63, 3.8) is 0 Å². The zero-order valence-corrected chi connectivity index (χ0v) is 11.7. The van der Waals surface area contributed by atoms with Crippen molar-refractivity contribution in [3.8, 4) is 0 Å². The molecule has 100 valence electrons. The third-order valence-corrected chi connectivity index (χ3v) is 3.02. The van der Waals surface area contributed by atoms with E-state index in [2.05, 4.69) is 35.8 Å². The summed E-state index contributed by atoms with van der Waals surface area (Å²) in [6, 6.07) is 20.4. The summed E-state index contributed by atoms with van der Waals surface area (Å²) < 4.78 is 0. The van der Waals surface area contributed by atoms with Gasteiger partial charge in [-0.05, 0) is 6.08 Å². The highest BCUT2D eigenvalue weighted by molar-refractivity contribution is 6.13. The molecule has 0 spiro atoms. The average molecular weight is 262 g/mol. The van der Waals surface area contributed by atoms with Gasteiger partial charge in [0.05, 0.1) is 18.0 Å². The first-order chi connectivity index (χ1) is 9.85. The molecule has 2 rings (SSSR count). The van der Waals surface area contributed by atoms with Gasteiger partial charge in [-0.25, -0.2) is 0 Å². The summed E-state index contributed by atoms with van der Waals surface area (Å²) in [5.41, 5.74) is 4.08. The van der Waals surface area contributed by atoms with Crippen LogP contribution in [0.2, 0.25) is 0 Å². The van der Waals surface area contributed by atoms with E-state index in [0.717, 1.165) is 22.6 Å². The highest BCUT2D eigenvalue weighted by atomic mass is 14.8. The van der Waals surface area contributed by atoms with E-state index in [-0.39, 0.29) is 0 Å². The summed E-state index contributed by atoms with van der Waals surface area (Å²) in [6.45, 7) is 4.30. The molecule has 0 amide bonds. The lowest BCUT2D eigenvalue weighted by Gasteiger charge is -2.07. The van der Waals surface area contributed by atoms with E-state index in [9.17, 15) is 0 Å². The van der Waals surface area contributed by atoms with Gasteiger partial charge >= 0.3 is 0 Å². The van der Waals surface area contributed by atoms with Crippen LogP contribution in [0.4, 0.5) is 0 Å². The second kappa shape index (κ2) is 7.19. The summed E-state index contributed by atoms with van der Waals surface area (Å²) in [6.07, 6.45) is 1.75. The molecule has 2 nitrogen and oxygen atoms in total. The quantitative estimate of drug-likeness (QED) is 0.733. The van der Waals surface area contributed by atoms with Crippen LogP contribution in [-0.4, -0.2) is 25.0 Å². The third-order valence-electron chi connectivity index (χ3n) is 3.02. The van der Waals surface area contributed by atoms with Gasteiger partial charge in [-0.2, -0.15) is 0 Å². The van der Waals surface area contributed by atoms with Crippen molar-refractivity contribution >= 4 is 11.4 Å². The number of nitrogens with zero attached hydrogens (tertiary/aromatic N) is 2. The van der Waals surface area contributed by atoms with Crippen LogP contribution < -0.4 is 0 Å². The Morgan fingerprint density at radius 2 is 1.45 bits per heavy atom. The number of hydrogen-bond donors (Lipinski definition) is 0. The van der Waals surface area contributed by atoms with Crippen LogP contribution in [0, 0.1) is 0 Å². The van der Waals surface area contributed by atoms with E-state index in [4.69, 9.17) is 4.99 Å². The first kappa shape index (κ1) is 13.9. The van der Waals surface area contributed by atoms with Gasteiger partial charge in [0, 0.05) is 18.2 Å². The van der Waals surface area contributed by atoms with Crippen LogP contribution in [0.3, 0.4) is 0 Å². The van der Waals surface area contributed by atoms with E-state index < -0.39 is 0 Å². The maximum absolute atomic E-state index is 4.72. The third kappa shape index (κ3) is 3.51. The van der Waals surface area contributed by atoms with Crippen LogP contribution in [0.15, 0.2) is 83.3 Å². The smallest absolute Gasteiger partial charge is 0.0814 e. The fourth-order valence-electron chi connectivity index (χ4n) is 1.93.